The normalized spacial score (nSPS) is 16.6. The summed E-state index contributed by atoms with van der Waals surface area (Å²) in [6, 6.07) is 10.7. The van der Waals surface area contributed by atoms with Crippen molar-refractivity contribution in [3.8, 4) is 5.75 Å². The molecule has 0 unspecified atom stereocenters. The Balaban J connectivity index is 1.26. The molecular weight excluding hydrogens is 471 g/mol. The average Bonchev–Trinajstić information content (AvgIpc) is 3.65. The molecule has 0 saturated heterocycles. The van der Waals surface area contributed by atoms with Gasteiger partial charge in [-0.15, -0.1) is 0 Å². The molecule has 7 nitrogen and oxygen atoms in total. The zero-order valence-corrected chi connectivity index (χ0v) is 20.9. The summed E-state index contributed by atoms with van der Waals surface area (Å²) in [6.45, 7) is 2.50. The van der Waals surface area contributed by atoms with Gasteiger partial charge in [-0.3, -0.25) is 14.5 Å². The van der Waals surface area contributed by atoms with Crippen LogP contribution in [0.1, 0.15) is 71.3 Å². The van der Waals surface area contributed by atoms with Crippen molar-refractivity contribution in [2.75, 3.05) is 26.0 Å². The number of amides is 2. The molecule has 35 heavy (non-hydrogen) atoms. The van der Waals surface area contributed by atoms with Gasteiger partial charge in [0, 0.05) is 19.6 Å². The predicted molar refractivity (Wildman–Crippen MR) is 130 cm³/mol. The van der Waals surface area contributed by atoms with E-state index in [-0.39, 0.29) is 29.9 Å². The molecule has 0 N–H and O–H groups in total. The Morgan fingerprint density at radius 3 is 2.34 bits per heavy atom. The number of rotatable bonds is 12. The van der Waals surface area contributed by atoms with Crippen LogP contribution in [0.15, 0.2) is 42.5 Å². The van der Waals surface area contributed by atoms with Crippen molar-refractivity contribution in [3.05, 3.63) is 65.0 Å². The fourth-order valence-electron chi connectivity index (χ4n) is 4.15. The Hall–Kier alpha value is -2.78. The molecule has 1 heterocycles. The molecule has 2 aliphatic rings. The maximum absolute atomic E-state index is 14.1. The van der Waals surface area contributed by atoms with Crippen molar-refractivity contribution in [1.82, 2.24) is 9.21 Å². The van der Waals surface area contributed by atoms with Crippen LogP contribution in [-0.4, -0.2) is 55.4 Å². The monoisotopic (exact) mass is 502 g/mol. The molecule has 1 atom stereocenters. The Morgan fingerprint density at radius 2 is 1.71 bits per heavy atom. The van der Waals surface area contributed by atoms with Crippen LogP contribution in [0.3, 0.4) is 0 Å². The number of hydrogen-bond donors (Lipinski definition) is 0. The summed E-state index contributed by atoms with van der Waals surface area (Å²) in [5, 5.41) is 0. The minimum Gasteiger partial charge on any atom is -0.490 e. The summed E-state index contributed by atoms with van der Waals surface area (Å²) in [4.78, 5) is 26.1. The second-order valence-corrected chi connectivity index (χ2v) is 11.5. The third-order valence-corrected chi connectivity index (χ3v) is 8.75. The standard InChI is InChI=1S/C26H31FN2O5S/c1-18(20-12-13-23(27)24(16-20)34-17-19-10-11-19)28(2)35(32,33)15-7-3-6-14-29-25(30)21-8-4-5-9-22(21)26(29)31/h4-5,8-9,12-13,16,18-19H,3,6-7,10-11,14-15,17H2,1-2H3/t18-/m1/s1. The van der Waals surface area contributed by atoms with Crippen LogP contribution in [0.5, 0.6) is 5.75 Å². The molecular formula is C26H31FN2O5S. The molecule has 188 valence electrons. The van der Waals surface area contributed by atoms with Crippen molar-refractivity contribution in [2.45, 2.75) is 45.1 Å². The van der Waals surface area contributed by atoms with E-state index in [0.717, 1.165) is 12.8 Å². The summed E-state index contributed by atoms with van der Waals surface area (Å²) in [7, 11) is -2.04. The first-order valence-corrected chi connectivity index (χ1v) is 13.6. The summed E-state index contributed by atoms with van der Waals surface area (Å²) < 4.78 is 46.8. The third-order valence-electron chi connectivity index (χ3n) is 6.76. The van der Waals surface area contributed by atoms with E-state index in [1.54, 1.807) is 43.3 Å². The van der Waals surface area contributed by atoms with E-state index in [9.17, 15) is 22.4 Å². The SMILES string of the molecule is C[C@H](c1ccc(F)c(OCC2CC2)c1)N(C)S(=O)(=O)CCCCCN1C(=O)c2ccccc2C1=O. The number of ether oxygens (including phenoxy) is 1. The van der Waals surface area contributed by atoms with Gasteiger partial charge in [-0.05, 0) is 68.4 Å². The minimum absolute atomic E-state index is 0.0534. The molecule has 1 aliphatic heterocycles. The van der Waals surface area contributed by atoms with Crippen molar-refractivity contribution in [3.63, 3.8) is 0 Å². The van der Waals surface area contributed by atoms with Gasteiger partial charge in [-0.25, -0.2) is 12.8 Å². The third kappa shape index (κ3) is 5.73. The summed E-state index contributed by atoms with van der Waals surface area (Å²) >= 11 is 0. The zero-order valence-electron chi connectivity index (χ0n) is 20.1. The van der Waals surface area contributed by atoms with E-state index in [0.29, 0.717) is 48.5 Å². The molecule has 0 aromatic heterocycles. The highest BCUT2D eigenvalue weighted by molar-refractivity contribution is 7.89. The van der Waals surface area contributed by atoms with E-state index in [1.807, 2.05) is 0 Å². The molecule has 4 rings (SSSR count). The van der Waals surface area contributed by atoms with Gasteiger partial charge in [-0.2, -0.15) is 4.31 Å². The molecule has 1 fully saturated rings. The number of carbonyl (C=O) groups is 2. The van der Waals surface area contributed by atoms with E-state index in [1.165, 1.54) is 22.3 Å². The van der Waals surface area contributed by atoms with Crippen LogP contribution >= 0.6 is 0 Å². The highest BCUT2D eigenvalue weighted by Gasteiger charge is 2.34. The van der Waals surface area contributed by atoms with Crippen LogP contribution in [-0.2, 0) is 10.0 Å². The first-order valence-electron chi connectivity index (χ1n) is 12.0. The molecule has 0 bridgehead atoms. The predicted octanol–water partition coefficient (Wildman–Crippen LogP) is 4.40. The summed E-state index contributed by atoms with van der Waals surface area (Å²) in [5.74, 6) is -0.471. The molecule has 0 radical (unpaired) electrons. The number of carbonyl (C=O) groups excluding carboxylic acids is 2. The van der Waals surface area contributed by atoms with Crippen molar-refractivity contribution >= 4 is 21.8 Å². The highest BCUT2D eigenvalue weighted by atomic mass is 32.2. The maximum atomic E-state index is 14.1. The Morgan fingerprint density at radius 1 is 1.06 bits per heavy atom. The van der Waals surface area contributed by atoms with E-state index in [2.05, 4.69) is 0 Å². The van der Waals surface area contributed by atoms with Gasteiger partial charge in [0.1, 0.15) is 0 Å². The number of halogens is 1. The number of benzene rings is 2. The van der Waals surface area contributed by atoms with Crippen molar-refractivity contribution in [2.24, 2.45) is 5.92 Å². The number of fused-ring (bicyclic) bond motifs is 1. The van der Waals surface area contributed by atoms with Gasteiger partial charge < -0.3 is 4.74 Å². The molecule has 2 amide bonds. The minimum atomic E-state index is -3.56. The van der Waals surface area contributed by atoms with Crippen LogP contribution in [0.2, 0.25) is 0 Å². The van der Waals surface area contributed by atoms with Crippen molar-refractivity contribution in [1.29, 1.82) is 0 Å². The summed E-state index contributed by atoms with van der Waals surface area (Å²) in [6.07, 6.45) is 3.68. The smallest absolute Gasteiger partial charge is 0.261 e. The lowest BCUT2D eigenvalue weighted by Gasteiger charge is -2.25. The maximum Gasteiger partial charge on any atom is 0.261 e. The molecule has 2 aromatic rings. The second kappa shape index (κ2) is 10.5. The van der Waals surface area contributed by atoms with Gasteiger partial charge in [0.05, 0.1) is 23.5 Å². The lowest BCUT2D eigenvalue weighted by atomic mass is 10.1. The van der Waals surface area contributed by atoms with Gasteiger partial charge in [0.15, 0.2) is 11.6 Å². The second-order valence-electron chi connectivity index (χ2n) is 9.32. The average molecular weight is 503 g/mol. The first kappa shape index (κ1) is 25.3. The Labute approximate surface area is 205 Å². The lowest BCUT2D eigenvalue weighted by Crippen LogP contribution is -2.32. The van der Waals surface area contributed by atoms with Gasteiger partial charge in [-0.1, -0.05) is 24.6 Å². The van der Waals surface area contributed by atoms with Crippen molar-refractivity contribution < 1.29 is 27.1 Å². The quantitative estimate of drug-likeness (QED) is 0.317. The Bertz CT molecular complexity index is 1180. The van der Waals surface area contributed by atoms with Gasteiger partial charge in [0.2, 0.25) is 10.0 Å². The lowest BCUT2D eigenvalue weighted by molar-refractivity contribution is 0.0651. The number of nitrogens with zero attached hydrogens (tertiary/aromatic N) is 2. The Kier molecular flexibility index (Phi) is 7.56. The topological polar surface area (TPSA) is 84.0 Å². The van der Waals surface area contributed by atoms with Crippen LogP contribution in [0.25, 0.3) is 0 Å². The van der Waals surface area contributed by atoms with Gasteiger partial charge >= 0.3 is 0 Å². The highest BCUT2D eigenvalue weighted by Crippen LogP contribution is 2.32. The van der Waals surface area contributed by atoms with Crippen LogP contribution in [0, 0.1) is 11.7 Å². The van der Waals surface area contributed by atoms with Crippen LogP contribution < -0.4 is 4.74 Å². The largest absolute Gasteiger partial charge is 0.490 e. The molecule has 2 aromatic carbocycles. The van der Waals surface area contributed by atoms with E-state index in [4.69, 9.17) is 4.74 Å². The number of hydrogen-bond acceptors (Lipinski definition) is 5. The fourth-order valence-corrected chi connectivity index (χ4v) is 5.61. The molecule has 1 aliphatic carbocycles. The first-order chi connectivity index (χ1) is 16.7. The number of sulfonamides is 1. The zero-order chi connectivity index (χ0) is 25.2. The molecule has 0 spiro atoms. The molecule has 9 heteroatoms. The van der Waals surface area contributed by atoms with E-state index < -0.39 is 21.9 Å². The number of imide groups is 1. The van der Waals surface area contributed by atoms with Crippen LogP contribution in [0.4, 0.5) is 4.39 Å². The number of unbranched alkanes of at least 4 members (excludes halogenated alkanes) is 2. The van der Waals surface area contributed by atoms with Gasteiger partial charge in [0.25, 0.3) is 11.8 Å². The summed E-state index contributed by atoms with van der Waals surface area (Å²) in [5.41, 5.74) is 1.49. The fraction of sp³-hybridized carbons (Fsp3) is 0.462. The van der Waals surface area contributed by atoms with E-state index >= 15 is 0 Å². The molecule has 1 saturated carbocycles.